The van der Waals surface area contributed by atoms with Crippen LogP contribution in [0.1, 0.15) is 54.5 Å². The average Bonchev–Trinajstić information content (AvgIpc) is 3.42. The lowest BCUT2D eigenvalue weighted by molar-refractivity contribution is 0.0785. The molecule has 0 bridgehead atoms. The molecule has 0 unspecified atom stereocenters. The molecule has 8 heteroatoms. The van der Waals surface area contributed by atoms with Gasteiger partial charge in [0.05, 0.1) is 13.7 Å². The molecule has 1 heterocycles. The van der Waals surface area contributed by atoms with E-state index in [2.05, 4.69) is 41.3 Å². The largest absolute Gasteiger partial charge is 0.497 e. The van der Waals surface area contributed by atoms with Gasteiger partial charge in [-0.1, -0.05) is 60.7 Å². The molecular formula is C34H40N4O3S. The van der Waals surface area contributed by atoms with Crippen LogP contribution in [0.2, 0.25) is 0 Å². The second-order valence-corrected chi connectivity index (χ2v) is 10.8. The molecule has 2 amide bonds. The van der Waals surface area contributed by atoms with E-state index in [-0.39, 0.29) is 11.8 Å². The number of hydrogen-bond donors (Lipinski definition) is 2. The number of aromatic nitrogens is 1. The summed E-state index contributed by atoms with van der Waals surface area (Å²) in [5.74, 6) is 0.451. The highest BCUT2D eigenvalue weighted by atomic mass is 32.1. The number of aryl methyl sites for hydroxylation is 2. The van der Waals surface area contributed by atoms with Crippen LogP contribution in [0.4, 0.5) is 0 Å². The van der Waals surface area contributed by atoms with Crippen molar-refractivity contribution in [1.82, 2.24) is 20.5 Å². The normalized spacial score (nSPS) is 10.3. The fourth-order valence-electron chi connectivity index (χ4n) is 4.06. The van der Waals surface area contributed by atoms with Crippen LogP contribution in [0.3, 0.4) is 0 Å². The maximum absolute atomic E-state index is 13.0. The number of rotatable bonds is 12. The Morgan fingerprint density at radius 3 is 2.40 bits per heavy atom. The first-order valence-electron chi connectivity index (χ1n) is 13.9. The minimum absolute atomic E-state index is 0.169. The molecule has 4 rings (SSSR count). The lowest BCUT2D eigenvalue weighted by Gasteiger charge is -2.17. The fraction of sp³-hybridized carbons (Fsp3) is 0.265. The van der Waals surface area contributed by atoms with Gasteiger partial charge < -0.3 is 20.3 Å². The Morgan fingerprint density at radius 2 is 1.76 bits per heavy atom. The molecule has 0 aliphatic heterocycles. The maximum atomic E-state index is 13.0. The molecule has 2 N–H and O–H groups in total. The Balaban J connectivity index is 0.000000603. The summed E-state index contributed by atoms with van der Waals surface area (Å²) in [6.07, 6.45) is 2.42. The number of nitrogens with zero attached hydrogens (tertiary/aromatic N) is 2. The molecule has 220 valence electrons. The average molecular weight is 585 g/mol. The van der Waals surface area contributed by atoms with E-state index >= 15 is 0 Å². The fourth-order valence-corrected chi connectivity index (χ4v) is 4.89. The van der Waals surface area contributed by atoms with Crippen molar-refractivity contribution < 1.29 is 14.3 Å². The third-order valence-corrected chi connectivity index (χ3v) is 7.26. The smallest absolute Gasteiger partial charge is 0.254 e. The second kappa shape index (κ2) is 16.9. The molecule has 0 aliphatic rings. The number of carbonyl (C=O) groups excluding carboxylic acids is 2. The lowest BCUT2D eigenvalue weighted by atomic mass is 10.0. The molecule has 0 saturated heterocycles. The minimum Gasteiger partial charge on any atom is -0.497 e. The molecule has 42 heavy (non-hydrogen) atoms. The van der Waals surface area contributed by atoms with Gasteiger partial charge in [-0.05, 0) is 68.3 Å². The van der Waals surface area contributed by atoms with Gasteiger partial charge in [-0.2, -0.15) is 0 Å². The molecule has 0 spiro atoms. The van der Waals surface area contributed by atoms with Crippen molar-refractivity contribution in [3.8, 4) is 5.75 Å². The maximum Gasteiger partial charge on any atom is 0.254 e. The van der Waals surface area contributed by atoms with Crippen molar-refractivity contribution in [2.45, 2.75) is 33.4 Å². The van der Waals surface area contributed by atoms with E-state index in [9.17, 15) is 9.59 Å². The van der Waals surface area contributed by atoms with Crippen molar-refractivity contribution in [2.75, 3.05) is 27.2 Å². The van der Waals surface area contributed by atoms with E-state index in [1.165, 1.54) is 16.9 Å². The molecule has 0 saturated carbocycles. The zero-order valence-corrected chi connectivity index (χ0v) is 25.7. The number of nitrogens with one attached hydrogen (secondary N) is 2. The molecule has 7 nitrogen and oxygen atoms in total. The molecule has 0 aliphatic carbocycles. The van der Waals surface area contributed by atoms with Crippen molar-refractivity contribution in [3.63, 3.8) is 0 Å². The van der Waals surface area contributed by atoms with E-state index in [0.717, 1.165) is 47.1 Å². The van der Waals surface area contributed by atoms with Gasteiger partial charge in [0.25, 0.3) is 11.8 Å². The first kappa shape index (κ1) is 32.2. The van der Waals surface area contributed by atoms with E-state index in [1.54, 1.807) is 43.3 Å². The molecule has 3 aromatic carbocycles. The van der Waals surface area contributed by atoms with Gasteiger partial charge in [-0.15, -0.1) is 11.3 Å². The number of methoxy groups -OCH3 is 1. The van der Waals surface area contributed by atoms with Crippen LogP contribution < -0.4 is 15.4 Å². The Bertz CT molecular complexity index is 1450. The second-order valence-electron chi connectivity index (χ2n) is 9.88. The zero-order chi connectivity index (χ0) is 30.3. The Kier molecular flexibility index (Phi) is 12.9. The SMILES string of the molecule is C=Cc1cc(C(=O)NCCCNCc2cccc(OC)c2)cc(C(=O)N(C)Cc2nc(C)cs2)c1.Cc1ccccc1. The van der Waals surface area contributed by atoms with Gasteiger partial charge in [-0.3, -0.25) is 9.59 Å². The first-order valence-corrected chi connectivity index (χ1v) is 14.7. The summed E-state index contributed by atoms with van der Waals surface area (Å²) in [6, 6.07) is 23.3. The molecule has 0 radical (unpaired) electrons. The van der Waals surface area contributed by atoms with Crippen molar-refractivity contribution in [1.29, 1.82) is 0 Å². The summed E-state index contributed by atoms with van der Waals surface area (Å²) in [7, 11) is 3.39. The standard InChI is InChI=1S/C27H32N4O3S.C7H8/c1-5-20-12-22(15-23(13-20)27(33)31(3)17-25-30-19(2)18-35-25)26(32)29-11-7-10-28-16-21-8-6-9-24(14-21)34-4;1-7-5-3-2-4-6-7/h5-6,8-9,12-15,18,28H,1,7,10-11,16-17H2,2-4H3,(H,29,32);2-6H,1H3. The number of carbonyl (C=O) groups is 2. The van der Waals surface area contributed by atoms with Crippen LogP contribution in [-0.4, -0.2) is 48.9 Å². The number of thiazole rings is 1. The van der Waals surface area contributed by atoms with Crippen LogP contribution in [0.5, 0.6) is 5.75 Å². The first-order chi connectivity index (χ1) is 20.3. The molecule has 4 aromatic rings. The number of benzene rings is 3. The van der Waals surface area contributed by atoms with Crippen molar-refractivity contribution in [2.24, 2.45) is 0 Å². The highest BCUT2D eigenvalue weighted by Crippen LogP contribution is 2.17. The van der Waals surface area contributed by atoms with Crippen LogP contribution in [0.25, 0.3) is 6.08 Å². The summed E-state index contributed by atoms with van der Waals surface area (Å²) in [4.78, 5) is 31.8. The predicted octanol–water partition coefficient (Wildman–Crippen LogP) is 6.28. The molecule has 1 aromatic heterocycles. The van der Waals surface area contributed by atoms with E-state index < -0.39 is 0 Å². The van der Waals surface area contributed by atoms with Gasteiger partial charge in [0, 0.05) is 42.3 Å². The summed E-state index contributed by atoms with van der Waals surface area (Å²) < 4.78 is 5.24. The summed E-state index contributed by atoms with van der Waals surface area (Å²) in [5.41, 5.74) is 5.01. The van der Waals surface area contributed by atoms with E-state index in [4.69, 9.17) is 4.74 Å². The van der Waals surface area contributed by atoms with Gasteiger partial charge in [0.1, 0.15) is 10.8 Å². The molecule has 0 atom stereocenters. The van der Waals surface area contributed by atoms with Gasteiger partial charge in [0.15, 0.2) is 0 Å². The lowest BCUT2D eigenvalue weighted by Crippen LogP contribution is -2.29. The Labute approximate surface area is 253 Å². The monoisotopic (exact) mass is 584 g/mol. The number of hydrogen-bond acceptors (Lipinski definition) is 6. The van der Waals surface area contributed by atoms with Gasteiger partial charge >= 0.3 is 0 Å². The quantitative estimate of drug-likeness (QED) is 0.192. The Hall–Kier alpha value is -4.27. The van der Waals surface area contributed by atoms with Crippen molar-refractivity contribution >= 4 is 29.2 Å². The third kappa shape index (κ3) is 10.6. The molecular weight excluding hydrogens is 544 g/mol. The van der Waals surface area contributed by atoms with Crippen LogP contribution in [0.15, 0.2) is 84.8 Å². The summed E-state index contributed by atoms with van der Waals surface area (Å²) in [6.45, 7) is 10.2. The zero-order valence-electron chi connectivity index (χ0n) is 24.9. The summed E-state index contributed by atoms with van der Waals surface area (Å²) in [5, 5.41) is 9.14. The summed E-state index contributed by atoms with van der Waals surface area (Å²) >= 11 is 1.53. The van der Waals surface area contributed by atoms with E-state index in [1.807, 2.05) is 54.8 Å². The van der Waals surface area contributed by atoms with Gasteiger partial charge in [-0.25, -0.2) is 4.98 Å². The van der Waals surface area contributed by atoms with E-state index in [0.29, 0.717) is 24.2 Å². The highest BCUT2D eigenvalue weighted by molar-refractivity contribution is 7.09. The Morgan fingerprint density at radius 1 is 1.00 bits per heavy atom. The van der Waals surface area contributed by atoms with Crippen LogP contribution in [-0.2, 0) is 13.1 Å². The van der Waals surface area contributed by atoms with Crippen molar-refractivity contribution in [3.05, 3.63) is 123 Å². The van der Waals surface area contributed by atoms with Gasteiger partial charge in [0.2, 0.25) is 0 Å². The highest BCUT2D eigenvalue weighted by Gasteiger charge is 2.17. The van der Waals surface area contributed by atoms with Crippen LogP contribution >= 0.6 is 11.3 Å². The number of amides is 2. The predicted molar refractivity (Wildman–Crippen MR) is 172 cm³/mol. The molecule has 0 fully saturated rings. The third-order valence-electron chi connectivity index (χ3n) is 6.31. The minimum atomic E-state index is -0.214. The van der Waals surface area contributed by atoms with Crippen LogP contribution in [0, 0.1) is 13.8 Å². The topological polar surface area (TPSA) is 83.6 Å². The number of ether oxygens (including phenoxy) is 1.